The van der Waals surface area contributed by atoms with E-state index >= 15 is 0 Å². The fourth-order valence-electron chi connectivity index (χ4n) is 2.91. The van der Waals surface area contributed by atoms with Crippen LogP contribution in [0.3, 0.4) is 0 Å². The lowest BCUT2D eigenvalue weighted by Crippen LogP contribution is -2.22. The van der Waals surface area contributed by atoms with Gasteiger partial charge in [-0.3, -0.25) is 4.90 Å². The van der Waals surface area contributed by atoms with Crippen molar-refractivity contribution in [1.82, 2.24) is 9.47 Å². The summed E-state index contributed by atoms with van der Waals surface area (Å²) in [5.41, 5.74) is 2.22. The third-order valence-corrected chi connectivity index (χ3v) is 4.30. The number of furan rings is 1. The molecule has 5 heteroatoms. The van der Waals surface area contributed by atoms with E-state index in [1.807, 2.05) is 42.6 Å². The average Bonchev–Trinajstić information content (AvgIpc) is 3.29. The fourth-order valence-corrected chi connectivity index (χ4v) is 3.03. The molecule has 3 aromatic rings. The first-order valence-corrected chi connectivity index (χ1v) is 7.99. The highest BCUT2D eigenvalue weighted by Gasteiger charge is 2.28. The van der Waals surface area contributed by atoms with Crippen LogP contribution < -0.4 is 0 Å². The Bertz CT molecular complexity index is 765. The van der Waals surface area contributed by atoms with Crippen LogP contribution in [-0.4, -0.2) is 22.6 Å². The maximum absolute atomic E-state index is 5.95. The van der Waals surface area contributed by atoms with E-state index in [1.165, 1.54) is 0 Å². The van der Waals surface area contributed by atoms with Crippen molar-refractivity contribution in [2.45, 2.75) is 12.8 Å². The van der Waals surface area contributed by atoms with Gasteiger partial charge in [-0.2, -0.15) is 0 Å². The summed E-state index contributed by atoms with van der Waals surface area (Å²) in [6.07, 6.45) is 5.83. The molecule has 23 heavy (non-hydrogen) atoms. The topological polar surface area (TPSA) is 30.5 Å². The lowest BCUT2D eigenvalue weighted by Gasteiger charge is -2.21. The number of halogens is 1. The summed E-state index contributed by atoms with van der Waals surface area (Å²) in [6.45, 7) is 2.39. The van der Waals surface area contributed by atoms with E-state index in [-0.39, 0.29) is 6.23 Å². The van der Waals surface area contributed by atoms with Gasteiger partial charge in [-0.25, -0.2) is 0 Å². The number of nitrogens with zero attached hydrogens (tertiary/aromatic N) is 2. The second-order valence-electron chi connectivity index (χ2n) is 5.60. The molecule has 4 rings (SSSR count). The SMILES string of the molecule is Clc1ccc(-n2ccc(C3OCCN3Cc3ccco3)c2)cc1. The van der Waals surface area contributed by atoms with Gasteiger partial charge in [-0.15, -0.1) is 0 Å². The van der Waals surface area contributed by atoms with Crippen molar-refractivity contribution in [3.05, 3.63) is 77.5 Å². The summed E-state index contributed by atoms with van der Waals surface area (Å²) in [5, 5.41) is 0.741. The van der Waals surface area contributed by atoms with Gasteiger partial charge in [0.1, 0.15) is 12.0 Å². The summed E-state index contributed by atoms with van der Waals surface area (Å²) in [7, 11) is 0. The molecule has 3 heterocycles. The Hall–Kier alpha value is -2.01. The summed E-state index contributed by atoms with van der Waals surface area (Å²) in [4.78, 5) is 2.28. The molecule has 1 fully saturated rings. The van der Waals surface area contributed by atoms with Gasteiger partial charge in [0.2, 0.25) is 0 Å². The van der Waals surface area contributed by atoms with Crippen LogP contribution in [0.5, 0.6) is 0 Å². The number of ether oxygens (including phenoxy) is 1. The molecule has 1 atom stereocenters. The zero-order valence-electron chi connectivity index (χ0n) is 12.6. The zero-order chi connectivity index (χ0) is 15.6. The van der Waals surface area contributed by atoms with Crippen LogP contribution in [0, 0.1) is 0 Å². The molecule has 4 nitrogen and oxygen atoms in total. The Morgan fingerprint density at radius 2 is 2.00 bits per heavy atom. The molecule has 0 bridgehead atoms. The lowest BCUT2D eigenvalue weighted by molar-refractivity contribution is 0.0258. The minimum absolute atomic E-state index is 0.0337. The van der Waals surface area contributed by atoms with Gasteiger partial charge >= 0.3 is 0 Å². The summed E-state index contributed by atoms with van der Waals surface area (Å²) in [5.74, 6) is 0.956. The highest BCUT2D eigenvalue weighted by atomic mass is 35.5. The van der Waals surface area contributed by atoms with Crippen LogP contribution in [0.4, 0.5) is 0 Å². The fraction of sp³-hybridized carbons (Fsp3) is 0.222. The first-order valence-electron chi connectivity index (χ1n) is 7.61. The lowest BCUT2D eigenvalue weighted by atomic mass is 10.2. The van der Waals surface area contributed by atoms with Crippen LogP contribution >= 0.6 is 11.6 Å². The molecule has 1 aliphatic rings. The second-order valence-corrected chi connectivity index (χ2v) is 6.04. The van der Waals surface area contributed by atoms with Gasteiger partial charge in [0, 0.05) is 35.2 Å². The molecule has 0 aliphatic carbocycles. The molecule has 1 aliphatic heterocycles. The molecule has 0 spiro atoms. The van der Waals surface area contributed by atoms with Gasteiger partial charge in [0.05, 0.1) is 19.4 Å². The Balaban J connectivity index is 1.54. The maximum atomic E-state index is 5.95. The van der Waals surface area contributed by atoms with Crippen LogP contribution in [-0.2, 0) is 11.3 Å². The number of aromatic nitrogens is 1. The van der Waals surface area contributed by atoms with E-state index in [0.717, 1.165) is 41.7 Å². The van der Waals surface area contributed by atoms with Gasteiger partial charge in [0.15, 0.2) is 0 Å². The van der Waals surface area contributed by atoms with Crippen molar-refractivity contribution in [1.29, 1.82) is 0 Å². The molecule has 1 saturated heterocycles. The monoisotopic (exact) mass is 328 g/mol. The summed E-state index contributed by atoms with van der Waals surface area (Å²) < 4.78 is 13.5. The Kier molecular flexibility index (Phi) is 3.95. The number of rotatable bonds is 4. The molecule has 0 amide bonds. The van der Waals surface area contributed by atoms with Gasteiger partial charge in [-0.1, -0.05) is 11.6 Å². The Morgan fingerprint density at radius 3 is 2.78 bits per heavy atom. The predicted molar refractivity (Wildman–Crippen MR) is 88.6 cm³/mol. The third kappa shape index (κ3) is 3.06. The minimum Gasteiger partial charge on any atom is -0.468 e. The molecule has 2 aromatic heterocycles. The van der Waals surface area contributed by atoms with Crippen LogP contribution in [0.2, 0.25) is 5.02 Å². The van der Waals surface area contributed by atoms with Gasteiger partial charge in [-0.05, 0) is 42.5 Å². The first kappa shape index (κ1) is 14.6. The molecular formula is C18H17ClN2O2. The van der Waals surface area contributed by atoms with Gasteiger partial charge in [0.25, 0.3) is 0 Å². The van der Waals surface area contributed by atoms with Crippen LogP contribution in [0.15, 0.2) is 65.5 Å². The minimum atomic E-state index is -0.0337. The van der Waals surface area contributed by atoms with Gasteiger partial charge < -0.3 is 13.7 Å². The van der Waals surface area contributed by atoms with E-state index in [1.54, 1.807) is 6.26 Å². The smallest absolute Gasteiger partial charge is 0.138 e. The number of hydrogen-bond donors (Lipinski definition) is 0. The molecule has 0 N–H and O–H groups in total. The van der Waals surface area contributed by atoms with Crippen molar-refractivity contribution in [2.75, 3.05) is 13.2 Å². The van der Waals surface area contributed by atoms with E-state index in [0.29, 0.717) is 0 Å². The van der Waals surface area contributed by atoms with Crippen molar-refractivity contribution in [3.63, 3.8) is 0 Å². The van der Waals surface area contributed by atoms with E-state index in [9.17, 15) is 0 Å². The molecule has 0 radical (unpaired) electrons. The van der Waals surface area contributed by atoms with Crippen molar-refractivity contribution < 1.29 is 9.15 Å². The third-order valence-electron chi connectivity index (χ3n) is 4.05. The summed E-state index contributed by atoms with van der Waals surface area (Å²) >= 11 is 5.95. The Morgan fingerprint density at radius 1 is 1.13 bits per heavy atom. The van der Waals surface area contributed by atoms with E-state index < -0.39 is 0 Å². The largest absolute Gasteiger partial charge is 0.468 e. The standard InChI is InChI=1S/C18H17ClN2O2/c19-15-3-5-16(6-4-15)20-8-7-14(12-20)18-21(9-11-23-18)13-17-2-1-10-22-17/h1-8,10,12,18H,9,11,13H2. The first-order chi connectivity index (χ1) is 11.3. The maximum Gasteiger partial charge on any atom is 0.138 e. The Labute approximate surface area is 139 Å². The normalized spacial score (nSPS) is 18.6. The van der Waals surface area contributed by atoms with E-state index in [4.69, 9.17) is 20.8 Å². The molecular weight excluding hydrogens is 312 g/mol. The highest BCUT2D eigenvalue weighted by Crippen LogP contribution is 2.29. The molecule has 1 aromatic carbocycles. The molecule has 118 valence electrons. The number of benzene rings is 1. The van der Waals surface area contributed by atoms with E-state index in [2.05, 4.69) is 21.7 Å². The quantitative estimate of drug-likeness (QED) is 0.717. The van der Waals surface area contributed by atoms with Crippen molar-refractivity contribution in [3.8, 4) is 5.69 Å². The molecule has 1 unspecified atom stereocenters. The summed E-state index contributed by atoms with van der Waals surface area (Å²) in [6, 6.07) is 13.8. The van der Waals surface area contributed by atoms with Crippen LogP contribution in [0.25, 0.3) is 5.69 Å². The molecule has 0 saturated carbocycles. The van der Waals surface area contributed by atoms with Crippen LogP contribution in [0.1, 0.15) is 17.6 Å². The van der Waals surface area contributed by atoms with Crippen molar-refractivity contribution in [2.24, 2.45) is 0 Å². The highest BCUT2D eigenvalue weighted by molar-refractivity contribution is 6.30. The predicted octanol–water partition coefficient (Wildman–Crippen LogP) is 4.25. The number of hydrogen-bond acceptors (Lipinski definition) is 3. The zero-order valence-corrected chi connectivity index (χ0v) is 13.3. The average molecular weight is 329 g/mol. The van der Waals surface area contributed by atoms with Crippen molar-refractivity contribution >= 4 is 11.6 Å². The second kappa shape index (κ2) is 6.24.